The van der Waals surface area contributed by atoms with E-state index in [1.807, 2.05) is 36.4 Å². The van der Waals surface area contributed by atoms with Gasteiger partial charge in [0.25, 0.3) is 0 Å². The Morgan fingerprint density at radius 1 is 0.304 bits per heavy atom. The van der Waals surface area contributed by atoms with E-state index in [1.165, 1.54) is 48.6 Å². The molecule has 0 aliphatic carbocycles. The fourth-order valence-corrected chi connectivity index (χ4v) is 8.98. The maximum absolute atomic E-state index is 5.28. The van der Waals surface area contributed by atoms with Crippen LogP contribution in [0, 0.1) is 0 Å². The van der Waals surface area contributed by atoms with Gasteiger partial charge >= 0.3 is 0 Å². The molecule has 12 rings (SSSR count). The predicted octanol–water partition coefficient (Wildman–Crippen LogP) is 12.9. The average molecular weight is 714 g/mol. The molecule has 5 heteroatoms. The molecule has 0 saturated carbocycles. The van der Waals surface area contributed by atoms with Crippen LogP contribution in [0.4, 0.5) is 0 Å². The van der Waals surface area contributed by atoms with Crippen LogP contribution in [0.2, 0.25) is 0 Å². The molecule has 0 spiro atoms. The maximum atomic E-state index is 5.28. The second-order valence-corrected chi connectivity index (χ2v) is 14.4. The van der Waals surface area contributed by atoms with Crippen molar-refractivity contribution in [2.24, 2.45) is 0 Å². The second-order valence-electron chi connectivity index (χ2n) is 14.4. The van der Waals surface area contributed by atoms with Gasteiger partial charge in [0.05, 0.1) is 27.6 Å². The van der Waals surface area contributed by atoms with Crippen LogP contribution in [-0.2, 0) is 0 Å². The number of nitrogens with zero attached hydrogens (tertiary/aromatic N) is 5. The van der Waals surface area contributed by atoms with Gasteiger partial charge in [0.15, 0.2) is 11.6 Å². The highest BCUT2D eigenvalue weighted by Crippen LogP contribution is 2.45. The van der Waals surface area contributed by atoms with Crippen molar-refractivity contribution in [3.05, 3.63) is 188 Å². The van der Waals surface area contributed by atoms with E-state index in [4.69, 9.17) is 15.0 Å². The highest BCUT2D eigenvalue weighted by molar-refractivity contribution is 6.35. The van der Waals surface area contributed by atoms with Crippen molar-refractivity contribution in [3.8, 4) is 28.7 Å². The van der Waals surface area contributed by atoms with Crippen LogP contribution in [0.1, 0.15) is 0 Å². The van der Waals surface area contributed by atoms with Crippen molar-refractivity contribution >= 4 is 81.4 Å². The molecule has 0 bridgehead atoms. The summed E-state index contributed by atoms with van der Waals surface area (Å²) in [7, 11) is 0. The minimum absolute atomic E-state index is 0.575. The Bertz CT molecular complexity index is 3530. The molecule has 0 N–H and O–H groups in total. The van der Waals surface area contributed by atoms with E-state index in [2.05, 4.69) is 161 Å². The minimum Gasteiger partial charge on any atom is -0.308 e. The van der Waals surface area contributed by atoms with Crippen molar-refractivity contribution in [2.75, 3.05) is 0 Å². The number of para-hydroxylation sites is 3. The quantitative estimate of drug-likeness (QED) is 0.183. The molecule has 0 amide bonds. The number of fused-ring (bicyclic) bond motifs is 14. The molecule has 0 aliphatic rings. The van der Waals surface area contributed by atoms with Gasteiger partial charge in [-0.05, 0) is 45.8 Å². The summed E-state index contributed by atoms with van der Waals surface area (Å²) >= 11 is 0. The van der Waals surface area contributed by atoms with E-state index in [1.54, 1.807) is 0 Å². The minimum atomic E-state index is 0.575. The summed E-state index contributed by atoms with van der Waals surface area (Å²) < 4.78 is 4.76. The summed E-state index contributed by atoms with van der Waals surface area (Å²) in [6, 6.07) is 66.9. The molecule has 260 valence electrons. The molecule has 56 heavy (non-hydrogen) atoms. The third-order valence-electron chi connectivity index (χ3n) is 11.3. The van der Waals surface area contributed by atoms with Gasteiger partial charge < -0.3 is 4.40 Å². The summed E-state index contributed by atoms with van der Waals surface area (Å²) in [5, 5.41) is 11.8. The van der Waals surface area contributed by atoms with Crippen LogP contribution in [0.15, 0.2) is 188 Å². The van der Waals surface area contributed by atoms with Gasteiger partial charge in [-0.25, -0.2) is 4.98 Å². The highest BCUT2D eigenvalue weighted by atomic mass is 15.2. The summed E-state index contributed by atoms with van der Waals surface area (Å²) in [6.45, 7) is 0. The van der Waals surface area contributed by atoms with Gasteiger partial charge in [0.1, 0.15) is 0 Å². The number of hydrogen-bond acceptors (Lipinski definition) is 3. The van der Waals surface area contributed by atoms with E-state index < -0.39 is 0 Å². The summed E-state index contributed by atoms with van der Waals surface area (Å²) in [5.74, 6) is 1.83. The molecule has 0 saturated heterocycles. The van der Waals surface area contributed by atoms with Gasteiger partial charge in [-0.2, -0.15) is 9.97 Å². The lowest BCUT2D eigenvalue weighted by molar-refractivity contribution is 0.954. The molecule has 8 aromatic carbocycles. The Labute approximate surface area is 321 Å². The molecule has 0 radical (unpaired) electrons. The first-order chi connectivity index (χ1) is 27.8. The molecule has 0 aliphatic heterocycles. The van der Waals surface area contributed by atoms with Crippen LogP contribution in [0.5, 0.6) is 0 Å². The number of benzene rings is 8. The van der Waals surface area contributed by atoms with Crippen LogP contribution < -0.4 is 0 Å². The van der Waals surface area contributed by atoms with E-state index in [9.17, 15) is 0 Å². The molecule has 5 nitrogen and oxygen atoms in total. The smallest absolute Gasteiger partial charge is 0.238 e. The van der Waals surface area contributed by atoms with Gasteiger partial charge in [-0.15, -0.1) is 0 Å². The molecule has 12 aromatic rings. The van der Waals surface area contributed by atoms with Crippen LogP contribution in [0.25, 0.3) is 110 Å². The number of hydrogen-bond donors (Lipinski definition) is 0. The van der Waals surface area contributed by atoms with Crippen molar-refractivity contribution in [1.82, 2.24) is 23.9 Å². The van der Waals surface area contributed by atoms with E-state index >= 15 is 0 Å². The van der Waals surface area contributed by atoms with Gasteiger partial charge in [0.2, 0.25) is 5.95 Å². The first-order valence-electron chi connectivity index (χ1n) is 19.0. The third-order valence-corrected chi connectivity index (χ3v) is 11.3. The Hall–Kier alpha value is -7.63. The van der Waals surface area contributed by atoms with E-state index in [-0.39, 0.29) is 0 Å². The Morgan fingerprint density at radius 2 is 0.732 bits per heavy atom. The standard InChI is InChI=1S/C51H31N5/c1-3-17-32(18-4-1)49-52-50(33-19-5-2-6-20-33)54-51(53-49)56-44-30-16-13-27-40(44)46-45(56)31-41-38-25-12-15-29-43(38)55-42-28-14-11-24-37(42)35-22-8-7-21-34(35)36-23-9-10-26-39(36)47(46)48(41)55/h1-31H. The zero-order valence-electron chi connectivity index (χ0n) is 30.1. The fourth-order valence-electron chi connectivity index (χ4n) is 8.98. The van der Waals surface area contributed by atoms with Crippen molar-refractivity contribution in [2.45, 2.75) is 0 Å². The number of aromatic nitrogens is 5. The lowest BCUT2D eigenvalue weighted by atomic mass is 9.98. The summed E-state index contributed by atoms with van der Waals surface area (Å²) in [4.78, 5) is 15.6. The van der Waals surface area contributed by atoms with Gasteiger partial charge in [0, 0.05) is 43.4 Å². The topological polar surface area (TPSA) is 48.0 Å². The fraction of sp³-hybridized carbons (Fsp3) is 0. The monoisotopic (exact) mass is 713 g/mol. The first kappa shape index (κ1) is 30.8. The van der Waals surface area contributed by atoms with Gasteiger partial charge in [-0.1, -0.05) is 164 Å². The Kier molecular flexibility index (Phi) is 6.56. The first-order valence-corrected chi connectivity index (χ1v) is 19.0. The average Bonchev–Trinajstić information content (AvgIpc) is 3.79. The third kappa shape index (κ3) is 4.39. The SMILES string of the molecule is c1ccc(-c2nc(-c3ccccc3)nc(-n3c4ccccc4c4c5c6ccccc6c6ccccc6c6ccccc6n6c7ccccc7c(cc43)c56)n2)cc1. The molecular formula is C51H31N5. The highest BCUT2D eigenvalue weighted by Gasteiger charge is 2.24. The lowest BCUT2D eigenvalue weighted by Gasteiger charge is -2.11. The van der Waals surface area contributed by atoms with Crippen molar-refractivity contribution in [1.29, 1.82) is 0 Å². The summed E-state index contributed by atoms with van der Waals surface area (Å²) in [6.07, 6.45) is 0. The zero-order chi connectivity index (χ0) is 36.7. The molecule has 4 heterocycles. The Balaban J connectivity index is 1.38. The maximum Gasteiger partial charge on any atom is 0.238 e. The van der Waals surface area contributed by atoms with Gasteiger partial charge in [-0.3, -0.25) is 4.57 Å². The van der Waals surface area contributed by atoms with Crippen molar-refractivity contribution < 1.29 is 0 Å². The van der Waals surface area contributed by atoms with Crippen LogP contribution in [-0.4, -0.2) is 23.9 Å². The van der Waals surface area contributed by atoms with Crippen molar-refractivity contribution in [3.63, 3.8) is 0 Å². The summed E-state index contributed by atoms with van der Waals surface area (Å²) in [5.41, 5.74) is 7.44. The van der Waals surface area contributed by atoms with Crippen LogP contribution in [0.3, 0.4) is 0 Å². The lowest BCUT2D eigenvalue weighted by Crippen LogP contribution is -2.06. The zero-order valence-corrected chi connectivity index (χ0v) is 30.1. The predicted molar refractivity (Wildman–Crippen MR) is 232 cm³/mol. The van der Waals surface area contributed by atoms with Crippen LogP contribution >= 0.6 is 0 Å². The molecular weight excluding hydrogens is 683 g/mol. The number of rotatable bonds is 3. The second kappa shape index (κ2) is 11.9. The van der Waals surface area contributed by atoms with E-state index in [0.29, 0.717) is 17.6 Å². The molecule has 0 atom stereocenters. The largest absolute Gasteiger partial charge is 0.308 e. The molecule has 4 aromatic heterocycles. The normalized spacial score (nSPS) is 11.9. The molecule has 0 fully saturated rings. The van der Waals surface area contributed by atoms with E-state index in [0.717, 1.165) is 44.0 Å². The Morgan fingerprint density at radius 3 is 1.32 bits per heavy atom. The molecule has 0 unspecified atom stereocenters.